The smallest absolute Gasteiger partial charge is 0.314 e. The minimum atomic E-state index is -0.136. The molecule has 0 bridgehead atoms. The molecule has 23 heavy (non-hydrogen) atoms. The Bertz CT molecular complexity index is 459. The number of amides is 2. The maximum absolute atomic E-state index is 11.9. The number of nitrogens with one attached hydrogen (secondary N) is 2. The van der Waals surface area contributed by atoms with Crippen molar-refractivity contribution in [1.82, 2.24) is 15.6 Å². The van der Waals surface area contributed by atoms with Gasteiger partial charge in [-0.3, -0.25) is 4.98 Å². The average Bonchev–Trinajstić information content (AvgIpc) is 2.59. The third kappa shape index (κ3) is 6.57. The van der Waals surface area contributed by atoms with Crippen molar-refractivity contribution < 1.29 is 9.90 Å². The lowest BCUT2D eigenvalue weighted by Crippen LogP contribution is -2.41. The Hall–Kier alpha value is -1.62. The first-order valence-electron chi connectivity index (χ1n) is 8.69. The fourth-order valence-electron chi connectivity index (χ4n) is 3.09. The fraction of sp³-hybridized carbons (Fsp3) is 0.667. The number of pyridine rings is 1. The molecule has 1 fully saturated rings. The lowest BCUT2D eigenvalue weighted by atomic mass is 9.83. The predicted molar refractivity (Wildman–Crippen MR) is 91.0 cm³/mol. The number of rotatable bonds is 7. The van der Waals surface area contributed by atoms with E-state index in [1.54, 1.807) is 6.20 Å². The van der Waals surface area contributed by atoms with Gasteiger partial charge in [0, 0.05) is 37.5 Å². The molecule has 1 aromatic heterocycles. The summed E-state index contributed by atoms with van der Waals surface area (Å²) in [6.45, 7) is 3.55. The molecule has 5 heteroatoms. The van der Waals surface area contributed by atoms with E-state index < -0.39 is 0 Å². The van der Waals surface area contributed by atoms with Crippen molar-refractivity contribution in [2.45, 2.75) is 39.0 Å². The highest BCUT2D eigenvalue weighted by molar-refractivity contribution is 5.73. The monoisotopic (exact) mass is 319 g/mol. The highest BCUT2D eigenvalue weighted by atomic mass is 16.3. The summed E-state index contributed by atoms with van der Waals surface area (Å²) in [5.41, 5.74) is 0.935. The van der Waals surface area contributed by atoms with Crippen molar-refractivity contribution in [1.29, 1.82) is 0 Å². The number of hydrogen-bond acceptors (Lipinski definition) is 3. The molecule has 0 aromatic carbocycles. The molecule has 1 saturated carbocycles. The highest BCUT2D eigenvalue weighted by Crippen LogP contribution is 2.27. The number of carbonyl (C=O) groups excluding carboxylic acids is 1. The third-order valence-corrected chi connectivity index (χ3v) is 4.72. The van der Waals surface area contributed by atoms with Gasteiger partial charge in [-0.1, -0.05) is 25.8 Å². The first-order valence-corrected chi connectivity index (χ1v) is 8.69. The maximum atomic E-state index is 11.9. The van der Waals surface area contributed by atoms with Gasteiger partial charge in [-0.15, -0.1) is 0 Å². The van der Waals surface area contributed by atoms with E-state index >= 15 is 0 Å². The molecule has 5 nitrogen and oxygen atoms in total. The topological polar surface area (TPSA) is 74.2 Å². The van der Waals surface area contributed by atoms with E-state index in [0.717, 1.165) is 18.2 Å². The molecule has 2 rings (SSSR count). The zero-order valence-corrected chi connectivity index (χ0v) is 14.0. The van der Waals surface area contributed by atoms with Crippen molar-refractivity contribution in [3.63, 3.8) is 0 Å². The number of urea groups is 1. The van der Waals surface area contributed by atoms with Gasteiger partial charge in [0.1, 0.15) is 0 Å². The molecule has 128 valence electrons. The van der Waals surface area contributed by atoms with E-state index in [1.165, 1.54) is 25.7 Å². The second-order valence-electron chi connectivity index (χ2n) is 6.79. The first-order chi connectivity index (χ1) is 11.2. The molecule has 1 aromatic rings. The van der Waals surface area contributed by atoms with Crippen LogP contribution in [0.15, 0.2) is 24.4 Å². The van der Waals surface area contributed by atoms with Crippen LogP contribution in [0.1, 0.15) is 38.3 Å². The third-order valence-electron chi connectivity index (χ3n) is 4.72. The number of carbonyl (C=O) groups is 1. The number of nitrogens with zero attached hydrogens (tertiary/aromatic N) is 1. The molecule has 1 aliphatic rings. The summed E-state index contributed by atoms with van der Waals surface area (Å²) in [7, 11) is 0. The lowest BCUT2D eigenvalue weighted by molar-refractivity contribution is 0.211. The van der Waals surface area contributed by atoms with Crippen molar-refractivity contribution >= 4 is 6.03 Å². The minimum absolute atomic E-state index is 0.00817. The van der Waals surface area contributed by atoms with E-state index in [2.05, 4.69) is 22.5 Å². The van der Waals surface area contributed by atoms with Crippen LogP contribution >= 0.6 is 0 Å². The van der Waals surface area contributed by atoms with Crippen molar-refractivity contribution in [3.05, 3.63) is 30.1 Å². The Morgan fingerprint density at radius 1 is 1.30 bits per heavy atom. The molecule has 2 amide bonds. The molecule has 3 N–H and O–H groups in total. The molecule has 1 heterocycles. The van der Waals surface area contributed by atoms with E-state index in [4.69, 9.17) is 0 Å². The van der Waals surface area contributed by atoms with E-state index in [-0.39, 0.29) is 18.6 Å². The number of aliphatic hydroxyl groups excluding tert-OH is 1. The van der Waals surface area contributed by atoms with Crippen molar-refractivity contribution in [2.24, 2.45) is 17.8 Å². The summed E-state index contributed by atoms with van der Waals surface area (Å²) >= 11 is 0. The molecule has 0 aliphatic heterocycles. The van der Waals surface area contributed by atoms with Gasteiger partial charge in [0.25, 0.3) is 0 Å². The summed E-state index contributed by atoms with van der Waals surface area (Å²) in [6.07, 6.45) is 7.36. The van der Waals surface area contributed by atoms with E-state index in [9.17, 15) is 9.90 Å². The second-order valence-corrected chi connectivity index (χ2v) is 6.79. The summed E-state index contributed by atoms with van der Waals surface area (Å²) in [6, 6.07) is 5.60. The first kappa shape index (κ1) is 17.7. The van der Waals surface area contributed by atoms with Crippen LogP contribution in [0.5, 0.6) is 0 Å². The van der Waals surface area contributed by atoms with Gasteiger partial charge in [0.15, 0.2) is 0 Å². The van der Waals surface area contributed by atoms with Crippen LogP contribution in [0.2, 0.25) is 0 Å². The van der Waals surface area contributed by atoms with Gasteiger partial charge >= 0.3 is 6.03 Å². The standard InChI is InChI=1S/C18H29N3O2/c1-14-5-7-15(8-6-14)11-20-18(23)21-12-16(13-22)10-17-4-2-3-9-19-17/h2-4,9,14-16,22H,5-8,10-13H2,1H3,(H2,20,21,23). The maximum Gasteiger partial charge on any atom is 0.314 e. The largest absolute Gasteiger partial charge is 0.396 e. The molecule has 0 saturated heterocycles. The van der Waals surface area contributed by atoms with Crippen LogP contribution in [0, 0.1) is 17.8 Å². The lowest BCUT2D eigenvalue weighted by Gasteiger charge is -2.26. The Balaban J connectivity index is 1.64. The molecular formula is C18H29N3O2. The average molecular weight is 319 g/mol. The van der Waals surface area contributed by atoms with Crippen LogP contribution in [-0.2, 0) is 6.42 Å². The van der Waals surface area contributed by atoms with E-state index in [0.29, 0.717) is 18.9 Å². The summed E-state index contributed by atoms with van der Waals surface area (Å²) in [5, 5.41) is 15.3. The van der Waals surface area contributed by atoms with Crippen LogP contribution in [-0.4, -0.2) is 35.8 Å². The number of aromatic nitrogens is 1. The molecule has 1 unspecified atom stereocenters. The minimum Gasteiger partial charge on any atom is -0.396 e. The van der Waals surface area contributed by atoms with Crippen LogP contribution in [0.4, 0.5) is 4.79 Å². The second kappa shape index (κ2) is 9.50. The zero-order chi connectivity index (χ0) is 16.5. The fourth-order valence-corrected chi connectivity index (χ4v) is 3.09. The van der Waals surface area contributed by atoms with Gasteiger partial charge in [-0.2, -0.15) is 0 Å². The number of aliphatic hydroxyl groups is 1. The van der Waals surface area contributed by atoms with Crippen LogP contribution < -0.4 is 10.6 Å². The molecule has 0 spiro atoms. The van der Waals surface area contributed by atoms with Gasteiger partial charge in [-0.05, 0) is 43.2 Å². The Morgan fingerprint density at radius 3 is 2.74 bits per heavy atom. The highest BCUT2D eigenvalue weighted by Gasteiger charge is 2.18. The Labute approximate surface area is 138 Å². The molecule has 1 aliphatic carbocycles. The number of hydrogen-bond donors (Lipinski definition) is 3. The van der Waals surface area contributed by atoms with Gasteiger partial charge in [-0.25, -0.2) is 4.79 Å². The molecule has 1 atom stereocenters. The van der Waals surface area contributed by atoms with Crippen molar-refractivity contribution in [2.75, 3.05) is 19.7 Å². The van der Waals surface area contributed by atoms with Crippen LogP contribution in [0.25, 0.3) is 0 Å². The van der Waals surface area contributed by atoms with Crippen LogP contribution in [0.3, 0.4) is 0 Å². The van der Waals surface area contributed by atoms with Gasteiger partial charge in [0.05, 0.1) is 0 Å². The van der Waals surface area contributed by atoms with Gasteiger partial charge in [0.2, 0.25) is 0 Å². The van der Waals surface area contributed by atoms with E-state index in [1.807, 2.05) is 18.2 Å². The quantitative estimate of drug-likeness (QED) is 0.722. The summed E-state index contributed by atoms with van der Waals surface area (Å²) in [5.74, 6) is 1.43. The Kier molecular flexibility index (Phi) is 7.33. The van der Waals surface area contributed by atoms with Crippen molar-refractivity contribution in [3.8, 4) is 0 Å². The molecule has 0 radical (unpaired) electrons. The molecular weight excluding hydrogens is 290 g/mol. The normalized spacial score (nSPS) is 22.3. The summed E-state index contributed by atoms with van der Waals surface area (Å²) < 4.78 is 0. The summed E-state index contributed by atoms with van der Waals surface area (Å²) in [4.78, 5) is 16.2. The predicted octanol–water partition coefficient (Wildman–Crippen LogP) is 2.36. The van der Waals surface area contributed by atoms with Gasteiger partial charge < -0.3 is 15.7 Å². The SMILES string of the molecule is CC1CCC(CNC(=O)NCC(CO)Cc2ccccn2)CC1. The Morgan fingerprint density at radius 2 is 2.09 bits per heavy atom. The zero-order valence-electron chi connectivity index (χ0n) is 14.0.